The second-order valence-corrected chi connectivity index (χ2v) is 11.4. The first-order valence-electron chi connectivity index (χ1n) is 15.5. The molecule has 0 spiro atoms. The number of rotatable bonds is 5. The van der Waals surface area contributed by atoms with Gasteiger partial charge in [-0.1, -0.05) is 109 Å². The number of hydrogen-bond donors (Lipinski definition) is 0. The van der Waals surface area contributed by atoms with Crippen molar-refractivity contribution in [2.24, 2.45) is 0 Å². The van der Waals surface area contributed by atoms with Crippen LogP contribution in [0.25, 0.3) is 83.8 Å². The van der Waals surface area contributed by atoms with E-state index < -0.39 is 0 Å². The molecule has 3 aromatic heterocycles. The van der Waals surface area contributed by atoms with Crippen LogP contribution in [0.1, 0.15) is 0 Å². The minimum absolute atomic E-state index is 0.615. The van der Waals surface area contributed by atoms with E-state index in [0.29, 0.717) is 17.5 Å². The van der Waals surface area contributed by atoms with E-state index in [9.17, 15) is 0 Å². The molecule has 220 valence electrons. The van der Waals surface area contributed by atoms with Gasteiger partial charge in [-0.25, -0.2) is 19.9 Å². The maximum absolute atomic E-state index is 5.30. The summed E-state index contributed by atoms with van der Waals surface area (Å²) in [5.74, 6) is 2.72. The van der Waals surface area contributed by atoms with Gasteiger partial charge in [-0.2, -0.15) is 0 Å². The van der Waals surface area contributed by atoms with E-state index in [1.165, 1.54) is 10.8 Å². The molecule has 0 bridgehead atoms. The second kappa shape index (κ2) is 11.1. The smallest absolute Gasteiger partial charge is 0.164 e. The number of imidazole rings is 1. The quantitative estimate of drug-likeness (QED) is 0.184. The van der Waals surface area contributed by atoms with E-state index in [0.717, 1.165) is 55.6 Å². The fraction of sp³-hybridized carbons (Fsp3) is 0. The summed E-state index contributed by atoms with van der Waals surface area (Å²) < 4.78 is 2.25. The van der Waals surface area contributed by atoms with E-state index in [1.807, 2.05) is 72.9 Å². The third-order valence-electron chi connectivity index (χ3n) is 8.53. The minimum atomic E-state index is 0.615. The lowest BCUT2D eigenvalue weighted by atomic mass is 10.00. The van der Waals surface area contributed by atoms with Gasteiger partial charge < -0.3 is 0 Å². The van der Waals surface area contributed by atoms with Gasteiger partial charge in [0.05, 0.1) is 11.0 Å². The molecule has 0 saturated heterocycles. The van der Waals surface area contributed by atoms with Gasteiger partial charge >= 0.3 is 0 Å². The van der Waals surface area contributed by atoms with E-state index in [1.54, 1.807) is 6.20 Å². The molecular weight excluding hydrogens is 576 g/mol. The minimum Gasteiger partial charge on any atom is -0.292 e. The molecule has 0 aliphatic carbocycles. The molecule has 3 heterocycles. The summed E-state index contributed by atoms with van der Waals surface area (Å²) in [5.41, 5.74) is 6.72. The van der Waals surface area contributed by atoms with Crippen molar-refractivity contribution in [3.8, 4) is 51.2 Å². The SMILES string of the molecule is c1ccc(-c2nc(-c3ccccc3)nc(-c3ccc(-n4c(-c5cccnc5)nc5c6ccccc6c6ccccc6c54)cc3)n2)cc1. The lowest BCUT2D eigenvalue weighted by molar-refractivity contribution is 1.07. The molecule has 9 rings (SSSR count). The van der Waals surface area contributed by atoms with Crippen LogP contribution in [0.4, 0.5) is 0 Å². The largest absolute Gasteiger partial charge is 0.292 e. The molecule has 6 aromatic carbocycles. The predicted molar refractivity (Wildman–Crippen MR) is 189 cm³/mol. The van der Waals surface area contributed by atoms with E-state index >= 15 is 0 Å². The normalized spacial score (nSPS) is 11.4. The van der Waals surface area contributed by atoms with Crippen molar-refractivity contribution in [1.29, 1.82) is 0 Å². The average molecular weight is 603 g/mol. The van der Waals surface area contributed by atoms with Gasteiger partial charge in [-0.15, -0.1) is 0 Å². The van der Waals surface area contributed by atoms with Gasteiger partial charge in [-0.05, 0) is 47.2 Å². The van der Waals surface area contributed by atoms with Crippen molar-refractivity contribution in [2.45, 2.75) is 0 Å². The van der Waals surface area contributed by atoms with E-state index in [-0.39, 0.29) is 0 Å². The number of nitrogens with zero attached hydrogens (tertiary/aromatic N) is 6. The summed E-state index contributed by atoms with van der Waals surface area (Å²) in [5, 5.41) is 4.64. The van der Waals surface area contributed by atoms with Crippen LogP contribution in [-0.4, -0.2) is 29.5 Å². The molecule has 0 fully saturated rings. The summed E-state index contributed by atoms with van der Waals surface area (Å²) in [4.78, 5) is 24.4. The Balaban J connectivity index is 1.26. The third kappa shape index (κ3) is 4.62. The molecule has 9 aromatic rings. The first-order chi connectivity index (χ1) is 23.3. The summed E-state index contributed by atoms with van der Waals surface area (Å²) in [6.45, 7) is 0. The van der Waals surface area contributed by atoms with Crippen molar-refractivity contribution in [2.75, 3.05) is 0 Å². The zero-order valence-electron chi connectivity index (χ0n) is 25.2. The molecule has 0 unspecified atom stereocenters. The van der Waals surface area contributed by atoms with Crippen LogP contribution in [0.5, 0.6) is 0 Å². The van der Waals surface area contributed by atoms with E-state index in [4.69, 9.17) is 19.9 Å². The maximum Gasteiger partial charge on any atom is 0.164 e. The van der Waals surface area contributed by atoms with Crippen molar-refractivity contribution >= 4 is 32.6 Å². The zero-order valence-corrected chi connectivity index (χ0v) is 25.2. The predicted octanol–water partition coefficient (Wildman–Crippen LogP) is 9.58. The molecule has 6 heteroatoms. The molecule has 0 radical (unpaired) electrons. The van der Waals surface area contributed by atoms with Crippen molar-refractivity contribution in [3.63, 3.8) is 0 Å². The summed E-state index contributed by atoms with van der Waals surface area (Å²) in [7, 11) is 0. The Morgan fingerprint density at radius 3 is 1.45 bits per heavy atom. The van der Waals surface area contributed by atoms with Crippen LogP contribution in [0, 0.1) is 0 Å². The number of benzene rings is 6. The number of hydrogen-bond acceptors (Lipinski definition) is 5. The lowest BCUT2D eigenvalue weighted by Gasteiger charge is -2.13. The molecule has 0 N–H and O–H groups in total. The molecule has 0 aliphatic heterocycles. The van der Waals surface area contributed by atoms with Crippen LogP contribution in [0.3, 0.4) is 0 Å². The Kier molecular flexibility index (Phi) is 6.35. The van der Waals surface area contributed by atoms with Gasteiger partial charge in [0.25, 0.3) is 0 Å². The number of fused-ring (bicyclic) bond motifs is 6. The van der Waals surface area contributed by atoms with Gasteiger partial charge in [0.2, 0.25) is 0 Å². The summed E-state index contributed by atoms with van der Waals surface area (Å²) in [6, 6.07) is 49.6. The second-order valence-electron chi connectivity index (χ2n) is 11.4. The average Bonchev–Trinajstić information content (AvgIpc) is 3.57. The fourth-order valence-electron chi connectivity index (χ4n) is 6.34. The molecule has 0 aliphatic rings. The topological polar surface area (TPSA) is 69.4 Å². The highest BCUT2D eigenvalue weighted by molar-refractivity contribution is 6.24. The van der Waals surface area contributed by atoms with Crippen LogP contribution in [-0.2, 0) is 0 Å². The van der Waals surface area contributed by atoms with Gasteiger partial charge in [0.1, 0.15) is 5.82 Å². The lowest BCUT2D eigenvalue weighted by Crippen LogP contribution is -2.01. The van der Waals surface area contributed by atoms with Gasteiger partial charge in [-0.3, -0.25) is 9.55 Å². The third-order valence-corrected chi connectivity index (χ3v) is 8.53. The molecule has 0 saturated carbocycles. The van der Waals surface area contributed by atoms with Crippen LogP contribution in [0.15, 0.2) is 158 Å². The standard InChI is InChI=1S/C41H26N6/c1-3-12-27(13-4-1)38-44-39(28-14-5-2-6-15-28)46-40(45-38)29-21-23-31(24-22-29)47-37-35-20-10-8-18-33(35)32-17-7-9-19-34(32)36(37)43-41(47)30-16-11-25-42-26-30/h1-26H. The highest BCUT2D eigenvalue weighted by atomic mass is 15.1. The molecule has 47 heavy (non-hydrogen) atoms. The van der Waals surface area contributed by atoms with Crippen LogP contribution >= 0.6 is 0 Å². The zero-order chi connectivity index (χ0) is 31.2. The monoisotopic (exact) mass is 602 g/mol. The number of pyridine rings is 1. The molecule has 0 amide bonds. The first-order valence-corrected chi connectivity index (χ1v) is 15.5. The maximum atomic E-state index is 5.30. The van der Waals surface area contributed by atoms with E-state index in [2.05, 4.69) is 88.4 Å². The molecular formula is C41H26N6. The Labute approximate surface area is 270 Å². The first kappa shape index (κ1) is 26.8. The summed E-state index contributed by atoms with van der Waals surface area (Å²) in [6.07, 6.45) is 3.66. The van der Waals surface area contributed by atoms with Gasteiger partial charge in [0.15, 0.2) is 17.5 Å². The Hall–Kier alpha value is -6.53. The number of aromatic nitrogens is 6. The summed E-state index contributed by atoms with van der Waals surface area (Å²) >= 11 is 0. The van der Waals surface area contributed by atoms with Gasteiger partial charge in [0, 0.05) is 51.1 Å². The molecule has 6 nitrogen and oxygen atoms in total. The highest BCUT2D eigenvalue weighted by Gasteiger charge is 2.20. The Bertz CT molecular complexity index is 2490. The van der Waals surface area contributed by atoms with Crippen LogP contribution < -0.4 is 0 Å². The van der Waals surface area contributed by atoms with Crippen molar-refractivity contribution in [3.05, 3.63) is 158 Å². The van der Waals surface area contributed by atoms with Crippen LogP contribution in [0.2, 0.25) is 0 Å². The fourth-order valence-corrected chi connectivity index (χ4v) is 6.34. The Morgan fingerprint density at radius 1 is 0.383 bits per heavy atom. The highest BCUT2D eigenvalue weighted by Crippen LogP contribution is 2.39. The van der Waals surface area contributed by atoms with Crippen molar-refractivity contribution < 1.29 is 0 Å². The van der Waals surface area contributed by atoms with Crippen molar-refractivity contribution in [1.82, 2.24) is 29.5 Å². The Morgan fingerprint density at radius 2 is 0.872 bits per heavy atom. The molecule has 0 atom stereocenters.